The molecule has 0 fully saturated rings. The number of carbonyl (C=O) groups excluding carboxylic acids is 2. The van der Waals surface area contributed by atoms with E-state index in [0.29, 0.717) is 45.5 Å². The average molecular weight is 587 g/mol. The molecule has 0 aliphatic heterocycles. The van der Waals surface area contributed by atoms with E-state index >= 15 is 0 Å². The van der Waals surface area contributed by atoms with Crippen molar-refractivity contribution in [1.82, 2.24) is 0 Å². The fourth-order valence-corrected chi connectivity index (χ4v) is 6.79. The zero-order valence-electron chi connectivity index (χ0n) is 26.7. The lowest BCUT2D eigenvalue weighted by Crippen LogP contribution is -2.23. The normalized spacial score (nSPS) is 12.4. The first-order chi connectivity index (χ1) is 21.5. The summed E-state index contributed by atoms with van der Waals surface area (Å²) in [6.45, 7) is 8.95. The van der Waals surface area contributed by atoms with E-state index in [4.69, 9.17) is 0 Å². The summed E-state index contributed by atoms with van der Waals surface area (Å²) in [6.07, 6.45) is 9.40. The van der Waals surface area contributed by atoms with Gasteiger partial charge in [0.25, 0.3) is 0 Å². The number of hydrogen-bond donors (Lipinski definition) is 2. The molecule has 0 atom stereocenters. The number of fused-ring (bicyclic) bond motifs is 2. The first-order valence-electron chi connectivity index (χ1n) is 16.6. The van der Waals surface area contributed by atoms with Crippen molar-refractivity contribution in [3.05, 3.63) is 118 Å². The van der Waals surface area contributed by atoms with Crippen LogP contribution < -0.4 is 10.6 Å². The number of hydrogen-bond acceptors (Lipinski definition) is 4. The Balaban J connectivity index is 1.39. The molecular weight excluding hydrogens is 540 g/mol. The highest BCUT2D eigenvalue weighted by atomic mass is 16.1. The predicted octanol–water partition coefficient (Wildman–Crippen LogP) is 11.3. The Morgan fingerprint density at radius 1 is 0.477 bits per heavy atom. The standard InChI is InChI=1S/C40H46N2O2/c1-5-11-27(12-6-2)29-19-23-31(24-20-29)41-35-17-9-15-33-37(35)39(43)34-16-10-18-36(38(34)40(33)44)42-32-25-21-30(22-26-32)28(13-7-3)14-8-4/h9-10,15-28,41-42H,5-8,11-14H2,1-4H3. The van der Waals surface area contributed by atoms with Gasteiger partial charge < -0.3 is 10.6 Å². The zero-order chi connectivity index (χ0) is 31.1. The van der Waals surface area contributed by atoms with Gasteiger partial charge in [-0.15, -0.1) is 0 Å². The molecule has 0 bridgehead atoms. The molecule has 0 amide bonds. The molecule has 228 valence electrons. The van der Waals surface area contributed by atoms with Crippen LogP contribution in [0.3, 0.4) is 0 Å². The van der Waals surface area contributed by atoms with Gasteiger partial charge in [-0.25, -0.2) is 0 Å². The van der Waals surface area contributed by atoms with Gasteiger partial charge >= 0.3 is 0 Å². The molecule has 4 aromatic carbocycles. The summed E-state index contributed by atoms with van der Waals surface area (Å²) in [5, 5.41) is 6.88. The molecule has 4 nitrogen and oxygen atoms in total. The molecule has 2 N–H and O–H groups in total. The lowest BCUT2D eigenvalue weighted by molar-refractivity contribution is 0.0980. The minimum Gasteiger partial charge on any atom is -0.355 e. The molecule has 5 rings (SSSR count). The van der Waals surface area contributed by atoms with Gasteiger partial charge in [0.2, 0.25) is 0 Å². The molecule has 4 aromatic rings. The SMILES string of the molecule is CCCC(CCC)c1ccc(Nc2cccc3c2C(=O)c2cccc(Nc4ccc(C(CCC)CCC)cc4)c2C3=O)cc1. The van der Waals surface area contributed by atoms with Crippen molar-refractivity contribution in [3.8, 4) is 0 Å². The quantitative estimate of drug-likeness (QED) is 0.136. The molecule has 4 heteroatoms. The Morgan fingerprint density at radius 3 is 1.14 bits per heavy atom. The second-order valence-corrected chi connectivity index (χ2v) is 12.2. The largest absolute Gasteiger partial charge is 0.355 e. The lowest BCUT2D eigenvalue weighted by Gasteiger charge is -2.23. The summed E-state index contributed by atoms with van der Waals surface area (Å²) in [7, 11) is 0. The summed E-state index contributed by atoms with van der Waals surface area (Å²) >= 11 is 0. The van der Waals surface area contributed by atoms with Crippen LogP contribution >= 0.6 is 0 Å². The van der Waals surface area contributed by atoms with E-state index in [-0.39, 0.29) is 11.6 Å². The molecule has 0 spiro atoms. The molecule has 1 aliphatic rings. The number of rotatable bonds is 14. The van der Waals surface area contributed by atoms with Crippen LogP contribution in [-0.2, 0) is 0 Å². The molecule has 0 aromatic heterocycles. The Labute approximate surface area is 263 Å². The number of anilines is 4. The van der Waals surface area contributed by atoms with Crippen molar-refractivity contribution in [2.24, 2.45) is 0 Å². The number of nitrogens with one attached hydrogen (secondary N) is 2. The predicted molar refractivity (Wildman–Crippen MR) is 184 cm³/mol. The van der Waals surface area contributed by atoms with Crippen molar-refractivity contribution in [2.75, 3.05) is 10.6 Å². The molecular formula is C40H46N2O2. The average Bonchev–Trinajstić information content (AvgIpc) is 3.04. The van der Waals surface area contributed by atoms with Crippen molar-refractivity contribution >= 4 is 34.3 Å². The number of carbonyl (C=O) groups is 2. The van der Waals surface area contributed by atoms with Crippen LogP contribution in [0, 0.1) is 0 Å². The van der Waals surface area contributed by atoms with Gasteiger partial charge in [-0.05, 0) is 85.0 Å². The van der Waals surface area contributed by atoms with Crippen LogP contribution in [0.15, 0.2) is 84.9 Å². The van der Waals surface area contributed by atoms with E-state index in [1.807, 2.05) is 24.3 Å². The molecule has 1 aliphatic carbocycles. The maximum absolute atomic E-state index is 14.0. The third-order valence-corrected chi connectivity index (χ3v) is 8.94. The Kier molecular flexibility index (Phi) is 10.3. The lowest BCUT2D eigenvalue weighted by atomic mass is 9.82. The maximum atomic E-state index is 14.0. The van der Waals surface area contributed by atoms with Gasteiger partial charge in [0.1, 0.15) is 0 Å². The highest BCUT2D eigenvalue weighted by molar-refractivity contribution is 6.32. The van der Waals surface area contributed by atoms with Gasteiger partial charge in [-0.2, -0.15) is 0 Å². The van der Waals surface area contributed by atoms with Crippen LogP contribution in [0.2, 0.25) is 0 Å². The molecule has 0 unspecified atom stereocenters. The Morgan fingerprint density at radius 2 is 0.818 bits per heavy atom. The van der Waals surface area contributed by atoms with Gasteiger partial charge in [0, 0.05) is 22.5 Å². The van der Waals surface area contributed by atoms with Crippen LogP contribution in [0.25, 0.3) is 0 Å². The Bertz CT molecular complexity index is 1450. The van der Waals surface area contributed by atoms with E-state index in [2.05, 4.69) is 86.9 Å². The summed E-state index contributed by atoms with van der Waals surface area (Å²) in [4.78, 5) is 28.0. The molecule has 0 heterocycles. The van der Waals surface area contributed by atoms with Gasteiger partial charge in [0.05, 0.1) is 22.5 Å². The zero-order valence-corrected chi connectivity index (χ0v) is 26.7. The summed E-state index contributed by atoms with van der Waals surface area (Å²) in [5.74, 6) is 0.862. The highest BCUT2D eigenvalue weighted by Crippen LogP contribution is 2.38. The minimum absolute atomic E-state index is 0.138. The van der Waals surface area contributed by atoms with E-state index in [1.165, 1.54) is 62.5 Å². The first-order valence-corrected chi connectivity index (χ1v) is 16.6. The van der Waals surface area contributed by atoms with E-state index in [1.54, 1.807) is 12.1 Å². The third kappa shape index (κ3) is 6.65. The fourth-order valence-electron chi connectivity index (χ4n) is 6.79. The maximum Gasteiger partial charge on any atom is 0.196 e. The molecule has 0 saturated carbocycles. The summed E-state index contributed by atoms with van der Waals surface area (Å²) in [6, 6.07) is 28.1. The molecule has 44 heavy (non-hydrogen) atoms. The van der Waals surface area contributed by atoms with Crippen LogP contribution in [0.5, 0.6) is 0 Å². The summed E-state index contributed by atoms with van der Waals surface area (Å²) in [5.41, 5.74) is 7.55. The monoisotopic (exact) mass is 586 g/mol. The number of benzene rings is 4. The molecule has 0 saturated heterocycles. The smallest absolute Gasteiger partial charge is 0.196 e. The van der Waals surface area contributed by atoms with Crippen LogP contribution in [0.4, 0.5) is 22.7 Å². The van der Waals surface area contributed by atoms with Crippen molar-refractivity contribution in [2.45, 2.75) is 90.9 Å². The highest BCUT2D eigenvalue weighted by Gasteiger charge is 2.33. The van der Waals surface area contributed by atoms with Crippen LogP contribution in [0.1, 0.15) is 134 Å². The van der Waals surface area contributed by atoms with Gasteiger partial charge in [-0.1, -0.05) is 102 Å². The third-order valence-electron chi connectivity index (χ3n) is 8.94. The second-order valence-electron chi connectivity index (χ2n) is 12.2. The van der Waals surface area contributed by atoms with Gasteiger partial charge in [-0.3, -0.25) is 9.59 Å². The molecule has 0 radical (unpaired) electrons. The van der Waals surface area contributed by atoms with Crippen LogP contribution in [-0.4, -0.2) is 11.6 Å². The summed E-state index contributed by atoms with van der Waals surface area (Å²) < 4.78 is 0. The fraction of sp³-hybridized carbons (Fsp3) is 0.350. The first kappa shape index (κ1) is 31.3. The van der Waals surface area contributed by atoms with E-state index in [9.17, 15) is 9.59 Å². The van der Waals surface area contributed by atoms with Gasteiger partial charge in [0.15, 0.2) is 11.6 Å². The topological polar surface area (TPSA) is 58.2 Å². The Hall–Kier alpha value is -4.18. The second kappa shape index (κ2) is 14.5. The van der Waals surface area contributed by atoms with E-state index < -0.39 is 0 Å². The number of ketones is 2. The van der Waals surface area contributed by atoms with Crippen molar-refractivity contribution in [1.29, 1.82) is 0 Å². The van der Waals surface area contributed by atoms with E-state index in [0.717, 1.165) is 11.4 Å². The van der Waals surface area contributed by atoms with Crippen molar-refractivity contribution in [3.63, 3.8) is 0 Å². The van der Waals surface area contributed by atoms with Crippen molar-refractivity contribution < 1.29 is 9.59 Å². The minimum atomic E-state index is -0.138.